The van der Waals surface area contributed by atoms with Gasteiger partial charge < -0.3 is 10.0 Å². The van der Waals surface area contributed by atoms with E-state index in [9.17, 15) is 5.11 Å². The van der Waals surface area contributed by atoms with Crippen molar-refractivity contribution in [1.82, 2.24) is 4.90 Å². The van der Waals surface area contributed by atoms with E-state index in [-0.39, 0.29) is 24.7 Å². The van der Waals surface area contributed by atoms with Gasteiger partial charge in [0.1, 0.15) is 0 Å². The zero-order chi connectivity index (χ0) is 7.40. The van der Waals surface area contributed by atoms with E-state index in [2.05, 4.69) is 0 Å². The Kier molecular flexibility index (Phi) is 5.54. The second-order valence-electron chi connectivity index (χ2n) is 2.67. The SMILES string of the molecule is C/C=C(\[O-])N1CCCCC1.[Li+]. The van der Waals surface area contributed by atoms with Crippen LogP contribution < -0.4 is 24.0 Å². The molecule has 0 saturated carbocycles. The molecule has 3 heteroatoms. The van der Waals surface area contributed by atoms with E-state index < -0.39 is 0 Å². The summed E-state index contributed by atoms with van der Waals surface area (Å²) in [4.78, 5) is 1.92. The van der Waals surface area contributed by atoms with Crippen molar-refractivity contribution in [2.45, 2.75) is 26.2 Å². The van der Waals surface area contributed by atoms with Crippen LogP contribution in [0.3, 0.4) is 0 Å². The molecule has 0 amide bonds. The molecular formula is C8H14LiNO. The Morgan fingerprint density at radius 3 is 2.27 bits per heavy atom. The van der Waals surface area contributed by atoms with Gasteiger partial charge in [0.15, 0.2) is 0 Å². The van der Waals surface area contributed by atoms with Crippen LogP contribution in [0.25, 0.3) is 0 Å². The van der Waals surface area contributed by atoms with Gasteiger partial charge in [-0.1, -0.05) is 6.08 Å². The second-order valence-corrected chi connectivity index (χ2v) is 2.67. The summed E-state index contributed by atoms with van der Waals surface area (Å²) in [6, 6.07) is 0. The summed E-state index contributed by atoms with van der Waals surface area (Å²) in [5, 5.41) is 11.0. The standard InChI is InChI=1S/C8H15NO.Li/c1-2-8(10)9-6-4-3-5-7-9;/h2,10H,3-7H2,1H3;/q;+1/p-1/b8-2-;. The number of piperidine rings is 1. The first-order valence-electron chi connectivity index (χ1n) is 3.93. The molecule has 0 N–H and O–H groups in total. The van der Waals surface area contributed by atoms with Crippen molar-refractivity contribution >= 4 is 0 Å². The summed E-state index contributed by atoms with van der Waals surface area (Å²) in [6.45, 7) is 3.73. The van der Waals surface area contributed by atoms with Gasteiger partial charge in [-0.3, -0.25) is 0 Å². The molecule has 1 fully saturated rings. The molecule has 0 aromatic heterocycles. The molecule has 0 aromatic carbocycles. The molecule has 0 bridgehead atoms. The van der Waals surface area contributed by atoms with E-state index in [1.165, 1.54) is 19.3 Å². The van der Waals surface area contributed by atoms with Gasteiger partial charge in [0.25, 0.3) is 0 Å². The number of hydrogen-bond acceptors (Lipinski definition) is 2. The maximum atomic E-state index is 11.0. The van der Waals surface area contributed by atoms with Crippen molar-refractivity contribution < 1.29 is 24.0 Å². The number of allylic oxidation sites excluding steroid dienone is 1. The largest absolute Gasteiger partial charge is 1.00 e. The Labute approximate surface area is 80.5 Å². The second kappa shape index (κ2) is 5.57. The number of likely N-dealkylation sites (tertiary alicyclic amines) is 1. The van der Waals surface area contributed by atoms with Crippen LogP contribution >= 0.6 is 0 Å². The van der Waals surface area contributed by atoms with Gasteiger partial charge in [-0.25, -0.2) is 0 Å². The van der Waals surface area contributed by atoms with Gasteiger partial charge in [-0.2, -0.15) is 0 Å². The third kappa shape index (κ3) is 3.22. The van der Waals surface area contributed by atoms with Crippen molar-refractivity contribution in [3.8, 4) is 0 Å². The van der Waals surface area contributed by atoms with Gasteiger partial charge in [-0.15, -0.1) is 0 Å². The van der Waals surface area contributed by atoms with Crippen molar-refractivity contribution in [2.24, 2.45) is 0 Å². The molecule has 0 aliphatic carbocycles. The van der Waals surface area contributed by atoms with Gasteiger partial charge in [0.2, 0.25) is 0 Å². The van der Waals surface area contributed by atoms with Crippen LogP contribution in [0.4, 0.5) is 0 Å². The monoisotopic (exact) mass is 147 g/mol. The van der Waals surface area contributed by atoms with Crippen molar-refractivity contribution in [1.29, 1.82) is 0 Å². The zero-order valence-electron chi connectivity index (χ0n) is 7.47. The van der Waals surface area contributed by atoms with E-state index in [0.29, 0.717) is 0 Å². The Morgan fingerprint density at radius 1 is 1.27 bits per heavy atom. The molecule has 11 heavy (non-hydrogen) atoms. The smallest absolute Gasteiger partial charge is 0.861 e. The molecule has 0 radical (unpaired) electrons. The first-order chi connectivity index (χ1) is 4.84. The van der Waals surface area contributed by atoms with Crippen LogP contribution in [-0.2, 0) is 0 Å². The maximum absolute atomic E-state index is 11.0. The third-order valence-corrected chi connectivity index (χ3v) is 1.91. The fourth-order valence-electron chi connectivity index (χ4n) is 1.30. The normalized spacial score (nSPS) is 19.4. The van der Waals surface area contributed by atoms with Gasteiger partial charge >= 0.3 is 18.9 Å². The maximum Gasteiger partial charge on any atom is 1.00 e. The molecule has 58 valence electrons. The molecule has 1 saturated heterocycles. The molecular weight excluding hydrogens is 133 g/mol. The van der Waals surface area contributed by atoms with E-state index in [1.807, 2.05) is 4.90 Å². The van der Waals surface area contributed by atoms with Crippen molar-refractivity contribution in [3.05, 3.63) is 12.0 Å². The molecule has 1 aliphatic heterocycles. The minimum atomic E-state index is 0. The summed E-state index contributed by atoms with van der Waals surface area (Å²) in [6.07, 6.45) is 5.29. The first kappa shape index (κ1) is 10.9. The Bertz CT molecular complexity index is 130. The first-order valence-corrected chi connectivity index (χ1v) is 3.93. The van der Waals surface area contributed by atoms with Gasteiger partial charge in [0.05, 0.1) is 0 Å². The average Bonchev–Trinajstić information content (AvgIpc) is 2.05. The van der Waals surface area contributed by atoms with Gasteiger partial charge in [-0.05, 0) is 32.1 Å². The molecule has 1 heterocycles. The average molecular weight is 147 g/mol. The molecule has 0 atom stereocenters. The van der Waals surface area contributed by atoms with Crippen molar-refractivity contribution in [2.75, 3.05) is 13.1 Å². The molecule has 0 aromatic rings. The third-order valence-electron chi connectivity index (χ3n) is 1.91. The van der Waals surface area contributed by atoms with E-state index in [4.69, 9.17) is 0 Å². The minimum absolute atomic E-state index is 0. The molecule has 1 rings (SSSR count). The fourth-order valence-corrected chi connectivity index (χ4v) is 1.30. The number of hydrogen-bond donors (Lipinski definition) is 0. The molecule has 2 nitrogen and oxygen atoms in total. The van der Waals surface area contributed by atoms with Gasteiger partial charge in [0, 0.05) is 13.1 Å². The Morgan fingerprint density at radius 2 is 1.82 bits per heavy atom. The van der Waals surface area contributed by atoms with Crippen LogP contribution in [0.15, 0.2) is 12.0 Å². The van der Waals surface area contributed by atoms with Crippen LogP contribution in [0.2, 0.25) is 0 Å². The van der Waals surface area contributed by atoms with Crippen molar-refractivity contribution in [3.63, 3.8) is 0 Å². The van der Waals surface area contributed by atoms with E-state index >= 15 is 0 Å². The molecule has 0 spiro atoms. The van der Waals surface area contributed by atoms with E-state index in [0.717, 1.165) is 13.1 Å². The van der Waals surface area contributed by atoms with Crippen LogP contribution in [0.5, 0.6) is 0 Å². The summed E-state index contributed by atoms with van der Waals surface area (Å²) < 4.78 is 0. The van der Waals surface area contributed by atoms with Crippen LogP contribution in [0.1, 0.15) is 26.2 Å². The zero-order valence-corrected chi connectivity index (χ0v) is 7.47. The molecule has 0 unspecified atom stereocenters. The Hall–Kier alpha value is -0.0626. The quantitative estimate of drug-likeness (QED) is 0.308. The topological polar surface area (TPSA) is 26.3 Å². The predicted molar refractivity (Wildman–Crippen MR) is 39.2 cm³/mol. The number of rotatable bonds is 1. The summed E-state index contributed by atoms with van der Waals surface area (Å²) in [5.41, 5.74) is 0. The van der Waals surface area contributed by atoms with Crippen LogP contribution in [-0.4, -0.2) is 18.0 Å². The summed E-state index contributed by atoms with van der Waals surface area (Å²) >= 11 is 0. The molecule has 1 aliphatic rings. The van der Waals surface area contributed by atoms with Crippen LogP contribution in [0, 0.1) is 0 Å². The Balaban J connectivity index is 0.000001000. The fraction of sp³-hybridized carbons (Fsp3) is 0.750. The minimum Gasteiger partial charge on any atom is -0.861 e. The summed E-state index contributed by atoms with van der Waals surface area (Å²) in [5.74, 6) is 0.194. The predicted octanol–water partition coefficient (Wildman–Crippen LogP) is -2.30. The number of nitrogens with zero attached hydrogens (tertiary/aromatic N) is 1. The van der Waals surface area contributed by atoms with E-state index in [1.54, 1.807) is 13.0 Å². The summed E-state index contributed by atoms with van der Waals surface area (Å²) in [7, 11) is 0.